The summed E-state index contributed by atoms with van der Waals surface area (Å²) in [5.74, 6) is -1.58. The van der Waals surface area contributed by atoms with Crippen molar-refractivity contribution in [1.82, 2.24) is 0 Å². The topological polar surface area (TPSA) is 55.4 Å². The van der Waals surface area contributed by atoms with Crippen molar-refractivity contribution in [3.63, 3.8) is 0 Å². The minimum Gasteiger partial charge on any atom is -0.496 e. The quantitative estimate of drug-likeness (QED) is 0.685. The lowest BCUT2D eigenvalue weighted by Gasteiger charge is -2.15. The normalized spacial score (nSPS) is 11.3. The Bertz CT molecular complexity index is 1080. The number of benzene rings is 3. The van der Waals surface area contributed by atoms with E-state index in [1.807, 2.05) is 0 Å². The third-order valence-electron chi connectivity index (χ3n) is 4.06. The summed E-state index contributed by atoms with van der Waals surface area (Å²) >= 11 is 0. The van der Waals surface area contributed by atoms with E-state index < -0.39 is 21.7 Å². The molecule has 3 aromatic carbocycles. The van der Waals surface area contributed by atoms with Gasteiger partial charge in [-0.3, -0.25) is 4.72 Å². The number of anilines is 1. The summed E-state index contributed by atoms with van der Waals surface area (Å²) in [6.07, 6.45) is 0. The van der Waals surface area contributed by atoms with E-state index in [9.17, 15) is 17.2 Å². The van der Waals surface area contributed by atoms with E-state index in [0.717, 1.165) is 17.7 Å². The highest BCUT2D eigenvalue weighted by Crippen LogP contribution is 2.34. The van der Waals surface area contributed by atoms with Gasteiger partial charge in [0.15, 0.2) is 11.6 Å². The van der Waals surface area contributed by atoms with E-state index in [4.69, 9.17) is 4.74 Å². The second-order valence-corrected chi connectivity index (χ2v) is 7.60. The van der Waals surface area contributed by atoms with Crippen molar-refractivity contribution in [3.05, 3.63) is 77.9 Å². The maximum atomic E-state index is 13.9. The molecule has 7 heteroatoms. The number of sulfonamides is 1. The third kappa shape index (κ3) is 3.93. The average Bonchev–Trinajstić information content (AvgIpc) is 2.65. The first-order valence-electron chi connectivity index (χ1n) is 8.04. The molecular formula is C20H17F2NO3S. The van der Waals surface area contributed by atoms with Gasteiger partial charge in [0, 0.05) is 11.6 Å². The molecule has 0 aliphatic rings. The minimum absolute atomic E-state index is 0.0200. The highest BCUT2D eigenvalue weighted by Gasteiger charge is 2.19. The first-order valence-corrected chi connectivity index (χ1v) is 9.52. The number of aryl methyl sites for hydroxylation is 1. The molecule has 0 unspecified atom stereocenters. The van der Waals surface area contributed by atoms with Gasteiger partial charge in [0.25, 0.3) is 10.0 Å². The van der Waals surface area contributed by atoms with E-state index in [1.54, 1.807) is 43.3 Å². The molecule has 4 nitrogen and oxygen atoms in total. The van der Waals surface area contributed by atoms with Crippen molar-refractivity contribution >= 4 is 15.7 Å². The zero-order chi connectivity index (χ0) is 19.6. The standard InChI is InChI=1S/C20H17F2NO3S/c1-13-10-14(8-9-20(13)26-2)16-11-17(21)18(22)12-19(16)23-27(24,25)15-6-4-3-5-7-15/h3-12,23H,1-2H3. The summed E-state index contributed by atoms with van der Waals surface area (Å²) in [6.45, 7) is 1.80. The molecule has 0 aromatic heterocycles. The van der Waals surface area contributed by atoms with Gasteiger partial charge in [0.05, 0.1) is 17.7 Å². The van der Waals surface area contributed by atoms with Crippen LogP contribution < -0.4 is 9.46 Å². The summed E-state index contributed by atoms with van der Waals surface area (Å²) in [5, 5.41) is 0. The number of hydrogen-bond donors (Lipinski definition) is 1. The molecule has 0 saturated carbocycles. The molecule has 0 aliphatic heterocycles. The van der Waals surface area contributed by atoms with Crippen LogP contribution in [0.2, 0.25) is 0 Å². The smallest absolute Gasteiger partial charge is 0.261 e. The fraction of sp³-hybridized carbons (Fsp3) is 0.100. The van der Waals surface area contributed by atoms with Crippen molar-refractivity contribution in [2.45, 2.75) is 11.8 Å². The van der Waals surface area contributed by atoms with Crippen LogP contribution in [-0.2, 0) is 10.0 Å². The van der Waals surface area contributed by atoms with Crippen LogP contribution in [0.1, 0.15) is 5.56 Å². The molecule has 27 heavy (non-hydrogen) atoms. The van der Waals surface area contributed by atoms with Crippen LogP contribution in [0.15, 0.2) is 65.6 Å². The predicted octanol–water partition coefficient (Wildman–Crippen LogP) is 4.75. The minimum atomic E-state index is -3.96. The van der Waals surface area contributed by atoms with Gasteiger partial charge in [-0.15, -0.1) is 0 Å². The Balaban J connectivity index is 2.11. The molecule has 1 N–H and O–H groups in total. The van der Waals surface area contributed by atoms with Crippen LogP contribution >= 0.6 is 0 Å². The van der Waals surface area contributed by atoms with Crippen LogP contribution in [0.25, 0.3) is 11.1 Å². The van der Waals surface area contributed by atoms with E-state index in [0.29, 0.717) is 11.3 Å². The van der Waals surface area contributed by atoms with Crippen molar-refractivity contribution in [1.29, 1.82) is 0 Å². The first-order chi connectivity index (χ1) is 12.8. The van der Waals surface area contributed by atoms with Gasteiger partial charge in [-0.2, -0.15) is 0 Å². The van der Waals surface area contributed by atoms with Crippen LogP contribution in [0, 0.1) is 18.6 Å². The first kappa shape index (κ1) is 18.8. The van der Waals surface area contributed by atoms with Gasteiger partial charge in [-0.25, -0.2) is 17.2 Å². The predicted molar refractivity (Wildman–Crippen MR) is 100 cm³/mol. The molecule has 140 valence electrons. The number of rotatable bonds is 5. The molecular weight excluding hydrogens is 372 g/mol. The number of nitrogens with one attached hydrogen (secondary N) is 1. The Morgan fingerprint density at radius 3 is 2.22 bits per heavy atom. The van der Waals surface area contributed by atoms with Gasteiger partial charge >= 0.3 is 0 Å². The SMILES string of the molecule is COc1ccc(-c2cc(F)c(F)cc2NS(=O)(=O)c2ccccc2)cc1C. The lowest BCUT2D eigenvalue weighted by molar-refractivity contribution is 0.412. The largest absolute Gasteiger partial charge is 0.496 e. The average molecular weight is 389 g/mol. The van der Waals surface area contributed by atoms with E-state index in [-0.39, 0.29) is 16.1 Å². The van der Waals surface area contributed by atoms with Crippen molar-refractivity contribution in [3.8, 4) is 16.9 Å². The Morgan fingerprint density at radius 1 is 0.926 bits per heavy atom. The molecule has 0 bridgehead atoms. The number of ether oxygens (including phenoxy) is 1. The van der Waals surface area contributed by atoms with Gasteiger partial charge < -0.3 is 4.74 Å². The third-order valence-corrected chi connectivity index (χ3v) is 5.45. The van der Waals surface area contributed by atoms with Crippen LogP contribution in [0.3, 0.4) is 0 Å². The summed E-state index contributed by atoms with van der Waals surface area (Å²) in [7, 11) is -2.43. The molecule has 0 aliphatic carbocycles. The van der Waals surface area contributed by atoms with Crippen LogP contribution in [0.5, 0.6) is 5.75 Å². The summed E-state index contributed by atoms with van der Waals surface area (Å²) in [4.78, 5) is 0.0200. The van der Waals surface area contributed by atoms with Crippen LogP contribution in [-0.4, -0.2) is 15.5 Å². The number of hydrogen-bond acceptors (Lipinski definition) is 3. The van der Waals surface area contributed by atoms with Crippen LogP contribution in [0.4, 0.5) is 14.5 Å². The molecule has 3 aromatic rings. The van der Waals surface area contributed by atoms with Crippen molar-refractivity contribution in [2.75, 3.05) is 11.8 Å². The van der Waals surface area contributed by atoms with Crippen molar-refractivity contribution < 1.29 is 21.9 Å². The molecule has 0 amide bonds. The van der Waals surface area contributed by atoms with E-state index >= 15 is 0 Å². The zero-order valence-electron chi connectivity index (χ0n) is 14.7. The van der Waals surface area contributed by atoms with Gasteiger partial charge in [0.1, 0.15) is 5.75 Å². The summed E-state index contributed by atoms with van der Waals surface area (Å²) in [5.41, 5.74) is 1.47. The fourth-order valence-corrected chi connectivity index (χ4v) is 3.81. The second kappa shape index (κ2) is 7.36. The Hall–Kier alpha value is -2.93. The lowest BCUT2D eigenvalue weighted by Crippen LogP contribution is -2.14. The van der Waals surface area contributed by atoms with Gasteiger partial charge in [-0.05, 0) is 48.4 Å². The van der Waals surface area contributed by atoms with E-state index in [2.05, 4.69) is 4.72 Å². The van der Waals surface area contributed by atoms with Gasteiger partial charge in [-0.1, -0.05) is 24.3 Å². The molecule has 0 fully saturated rings. The number of methoxy groups -OCH3 is 1. The molecule has 0 atom stereocenters. The highest BCUT2D eigenvalue weighted by atomic mass is 32.2. The molecule has 3 rings (SSSR count). The number of halogens is 2. The maximum Gasteiger partial charge on any atom is 0.261 e. The van der Waals surface area contributed by atoms with Crippen molar-refractivity contribution in [2.24, 2.45) is 0 Å². The fourth-order valence-electron chi connectivity index (χ4n) is 2.72. The lowest BCUT2D eigenvalue weighted by atomic mass is 10.0. The zero-order valence-corrected chi connectivity index (χ0v) is 15.5. The molecule has 0 spiro atoms. The summed E-state index contributed by atoms with van der Waals surface area (Å²) in [6, 6.07) is 14.5. The Morgan fingerprint density at radius 2 is 1.59 bits per heavy atom. The molecule has 0 heterocycles. The Kier molecular flexibility index (Phi) is 5.14. The summed E-state index contributed by atoms with van der Waals surface area (Å²) < 4.78 is 60.4. The Labute approximate surface area is 156 Å². The van der Waals surface area contributed by atoms with Gasteiger partial charge in [0.2, 0.25) is 0 Å². The monoisotopic (exact) mass is 389 g/mol. The second-order valence-electron chi connectivity index (χ2n) is 5.91. The molecule has 0 radical (unpaired) electrons. The molecule has 0 saturated heterocycles. The van der Waals surface area contributed by atoms with E-state index in [1.165, 1.54) is 19.2 Å². The maximum absolute atomic E-state index is 13.9. The highest BCUT2D eigenvalue weighted by molar-refractivity contribution is 7.92.